The van der Waals surface area contributed by atoms with Crippen molar-refractivity contribution < 1.29 is 28.6 Å². The second kappa shape index (κ2) is 2.73. The van der Waals surface area contributed by atoms with Gasteiger partial charge >= 0.3 is 25.8 Å². The van der Waals surface area contributed by atoms with Crippen LogP contribution in [0.2, 0.25) is 0 Å². The number of halogens is 2. The van der Waals surface area contributed by atoms with Gasteiger partial charge in [0.05, 0.1) is 0 Å². The molecular formula is C3H3F2N2O4S2+. The molecule has 0 fully saturated rings. The standard InChI is InChI=1S/C3H2F2N2O4S2/c4-12(8,9)3-6-1-2-7(3)13(5,10)11/h1-2H/p+1. The highest BCUT2D eigenvalue weighted by Gasteiger charge is 2.34. The summed E-state index contributed by atoms with van der Waals surface area (Å²) in [7, 11) is -10.6. The lowest BCUT2D eigenvalue weighted by Crippen LogP contribution is -2.42. The number of hydrogen-bond donors (Lipinski definition) is 1. The fourth-order valence-corrected chi connectivity index (χ4v) is 2.13. The Hall–Kier alpha value is -1.03. The number of nitrogens with one attached hydrogen (secondary N) is 1. The molecule has 0 radical (unpaired) electrons. The van der Waals surface area contributed by atoms with Crippen LogP contribution in [0, 0.1) is 0 Å². The monoisotopic (exact) mass is 233 g/mol. The lowest BCUT2D eigenvalue weighted by Gasteiger charge is -1.88. The molecule has 0 bridgehead atoms. The van der Waals surface area contributed by atoms with Crippen molar-refractivity contribution in [2.75, 3.05) is 0 Å². The molecule has 0 aromatic carbocycles. The summed E-state index contributed by atoms with van der Waals surface area (Å²) in [4.78, 5) is 1.73. The first-order chi connectivity index (χ1) is 5.73. The third-order valence-electron chi connectivity index (χ3n) is 1.08. The largest absolute Gasteiger partial charge is 0.481 e. The van der Waals surface area contributed by atoms with Gasteiger partial charge in [-0.05, 0) is 0 Å². The molecule has 0 saturated carbocycles. The van der Waals surface area contributed by atoms with Crippen molar-refractivity contribution in [3.63, 3.8) is 0 Å². The van der Waals surface area contributed by atoms with Crippen molar-refractivity contribution in [3.05, 3.63) is 12.4 Å². The summed E-state index contributed by atoms with van der Waals surface area (Å²) in [6.45, 7) is 0. The number of nitrogens with zero attached hydrogens (tertiary/aromatic N) is 1. The number of aromatic amines is 1. The van der Waals surface area contributed by atoms with E-state index in [9.17, 15) is 24.6 Å². The molecule has 6 nitrogen and oxygen atoms in total. The fraction of sp³-hybridized carbons (Fsp3) is 0. The number of aromatic nitrogens is 2. The molecule has 0 spiro atoms. The molecule has 0 unspecified atom stereocenters. The van der Waals surface area contributed by atoms with Crippen molar-refractivity contribution in [3.8, 4) is 0 Å². The zero-order valence-corrected chi connectivity index (χ0v) is 7.44. The molecule has 1 rings (SSSR count). The van der Waals surface area contributed by atoms with Crippen LogP contribution in [0.4, 0.5) is 7.77 Å². The van der Waals surface area contributed by atoms with Gasteiger partial charge in [-0.1, -0.05) is 11.7 Å². The maximum absolute atomic E-state index is 12.2. The van der Waals surface area contributed by atoms with E-state index in [1.807, 2.05) is 0 Å². The molecular weight excluding hydrogens is 230 g/mol. The summed E-state index contributed by atoms with van der Waals surface area (Å²) in [6, 6.07) is 0. The van der Waals surface area contributed by atoms with Gasteiger partial charge in [0.1, 0.15) is 6.20 Å². The Morgan fingerprint density at radius 1 is 1.23 bits per heavy atom. The summed E-state index contributed by atoms with van der Waals surface area (Å²) < 4.78 is 64.9. The molecule has 0 amide bonds. The fourth-order valence-electron chi connectivity index (χ4n) is 0.657. The van der Waals surface area contributed by atoms with Crippen LogP contribution in [0.5, 0.6) is 0 Å². The molecule has 74 valence electrons. The summed E-state index contributed by atoms with van der Waals surface area (Å²) in [6.07, 6.45) is 1.30. The zero-order chi connectivity index (χ0) is 10.3. The minimum atomic E-state index is -5.31. The summed E-state index contributed by atoms with van der Waals surface area (Å²) in [5.41, 5.74) is 0. The Kier molecular flexibility index (Phi) is 2.11. The number of hydrogen-bond acceptors (Lipinski definition) is 4. The van der Waals surface area contributed by atoms with Gasteiger partial charge in [0, 0.05) is 0 Å². The van der Waals surface area contributed by atoms with Crippen LogP contribution in [0.25, 0.3) is 0 Å². The average Bonchev–Trinajstić information content (AvgIpc) is 2.27. The van der Waals surface area contributed by atoms with Gasteiger partial charge in [0.25, 0.3) is 0 Å². The predicted octanol–water partition coefficient (Wildman–Crippen LogP) is -0.977. The molecule has 0 aliphatic heterocycles. The van der Waals surface area contributed by atoms with Crippen LogP contribution < -0.4 is 3.97 Å². The van der Waals surface area contributed by atoms with Crippen LogP contribution in [0.15, 0.2) is 17.6 Å². The third kappa shape index (κ3) is 2.01. The zero-order valence-electron chi connectivity index (χ0n) is 5.81. The number of imidazole rings is 1. The van der Waals surface area contributed by atoms with Crippen molar-refractivity contribution in [1.29, 1.82) is 0 Å². The summed E-state index contributed by atoms with van der Waals surface area (Å²) in [5, 5.41) is -1.38. The molecule has 1 N–H and O–H groups in total. The van der Waals surface area contributed by atoms with Crippen LogP contribution in [-0.2, 0) is 20.6 Å². The topological polar surface area (TPSA) is 87.9 Å². The average molecular weight is 233 g/mol. The van der Waals surface area contributed by atoms with Crippen LogP contribution in [0.1, 0.15) is 0 Å². The van der Waals surface area contributed by atoms with Gasteiger partial charge in [-0.25, -0.2) is 4.98 Å². The first-order valence-electron chi connectivity index (χ1n) is 2.72. The van der Waals surface area contributed by atoms with Gasteiger partial charge in [-0.2, -0.15) is 16.8 Å². The first kappa shape index (κ1) is 10.1. The minimum Gasteiger partial charge on any atom is -0.230 e. The van der Waals surface area contributed by atoms with E-state index in [0.717, 1.165) is 6.20 Å². The molecule has 0 aliphatic rings. The lowest BCUT2D eigenvalue weighted by atomic mass is 11.0. The van der Waals surface area contributed by atoms with Crippen LogP contribution in [-0.4, -0.2) is 21.8 Å². The summed E-state index contributed by atoms with van der Waals surface area (Å²) >= 11 is 0. The van der Waals surface area contributed by atoms with E-state index < -0.39 is 25.8 Å². The normalized spacial score (nSPS) is 13.1. The van der Waals surface area contributed by atoms with E-state index in [0.29, 0.717) is 6.20 Å². The second-order valence-corrected chi connectivity index (χ2v) is 4.42. The first-order valence-corrected chi connectivity index (χ1v) is 5.44. The molecule has 1 aromatic heterocycles. The molecule has 0 atom stereocenters. The Labute approximate surface area is 72.4 Å². The molecule has 0 aliphatic carbocycles. The Morgan fingerprint density at radius 3 is 2.08 bits per heavy atom. The predicted molar refractivity (Wildman–Crippen MR) is 34.7 cm³/mol. The lowest BCUT2D eigenvalue weighted by molar-refractivity contribution is -0.560. The maximum Gasteiger partial charge on any atom is 0.481 e. The quantitative estimate of drug-likeness (QED) is 0.525. The number of rotatable bonds is 2. The Balaban J connectivity index is 3.54. The van der Waals surface area contributed by atoms with Gasteiger partial charge in [-0.3, -0.25) is 0 Å². The van der Waals surface area contributed by atoms with E-state index in [4.69, 9.17) is 0 Å². The van der Waals surface area contributed by atoms with Gasteiger partial charge < -0.3 is 0 Å². The van der Waals surface area contributed by atoms with Crippen molar-refractivity contribution in [1.82, 2.24) is 4.98 Å². The van der Waals surface area contributed by atoms with E-state index in [-0.39, 0.29) is 3.97 Å². The molecule has 10 heteroatoms. The maximum atomic E-state index is 12.2. The Bertz CT molecular complexity index is 469. The van der Waals surface area contributed by atoms with E-state index in [1.54, 1.807) is 4.98 Å². The van der Waals surface area contributed by atoms with Crippen LogP contribution in [0.3, 0.4) is 0 Å². The Morgan fingerprint density at radius 2 is 1.77 bits per heavy atom. The highest BCUT2D eigenvalue weighted by Crippen LogP contribution is 2.04. The van der Waals surface area contributed by atoms with E-state index in [1.165, 1.54) is 0 Å². The molecule has 13 heavy (non-hydrogen) atoms. The van der Waals surface area contributed by atoms with Gasteiger partial charge in [-0.15, -0.1) is 0 Å². The SMILES string of the molecule is O=S(=O)(F)c1[nH]cc[n+]1S(=O)(=O)F. The van der Waals surface area contributed by atoms with E-state index in [2.05, 4.69) is 0 Å². The number of H-pyrrole nitrogens is 1. The van der Waals surface area contributed by atoms with E-state index >= 15 is 0 Å². The third-order valence-corrected chi connectivity index (χ3v) is 2.75. The molecule has 1 heterocycles. The van der Waals surface area contributed by atoms with Crippen LogP contribution >= 0.6 is 0 Å². The smallest absolute Gasteiger partial charge is 0.230 e. The van der Waals surface area contributed by atoms with Crippen molar-refractivity contribution >= 4 is 20.6 Å². The van der Waals surface area contributed by atoms with Crippen molar-refractivity contribution in [2.24, 2.45) is 0 Å². The van der Waals surface area contributed by atoms with Crippen molar-refractivity contribution in [2.45, 2.75) is 5.16 Å². The van der Waals surface area contributed by atoms with Gasteiger partial charge in [0.15, 0.2) is 6.20 Å². The molecule has 0 saturated heterocycles. The second-order valence-electron chi connectivity index (χ2n) is 1.94. The highest BCUT2D eigenvalue weighted by molar-refractivity contribution is 7.86. The van der Waals surface area contributed by atoms with Gasteiger partial charge in [0.2, 0.25) is 0 Å². The molecule has 1 aromatic rings. The highest BCUT2D eigenvalue weighted by atomic mass is 32.3. The minimum absolute atomic E-state index is 0.359. The summed E-state index contributed by atoms with van der Waals surface area (Å²) in [5.74, 6) is 0.